The van der Waals surface area contributed by atoms with Crippen LogP contribution in [-0.2, 0) is 6.42 Å². The lowest BCUT2D eigenvalue weighted by Crippen LogP contribution is -2.09. The summed E-state index contributed by atoms with van der Waals surface area (Å²) >= 11 is 0. The summed E-state index contributed by atoms with van der Waals surface area (Å²) in [6, 6.07) is 21.1. The van der Waals surface area contributed by atoms with Crippen molar-refractivity contribution in [3.63, 3.8) is 0 Å². The Labute approximate surface area is 147 Å². The van der Waals surface area contributed by atoms with Gasteiger partial charge in [0.25, 0.3) is 0 Å². The Hall–Kier alpha value is -2.88. The third-order valence-corrected chi connectivity index (χ3v) is 4.08. The molecule has 0 radical (unpaired) electrons. The van der Waals surface area contributed by atoms with E-state index in [-0.39, 0.29) is 11.9 Å². The third-order valence-electron chi connectivity index (χ3n) is 4.08. The lowest BCUT2D eigenvalue weighted by molar-refractivity contribution is 0.627. The summed E-state index contributed by atoms with van der Waals surface area (Å²) in [5, 5.41) is 6.81. The lowest BCUT2D eigenvalue weighted by atomic mass is 10.1. The van der Waals surface area contributed by atoms with Crippen LogP contribution < -0.4 is 10.6 Å². The first-order valence-corrected chi connectivity index (χ1v) is 8.46. The van der Waals surface area contributed by atoms with Crippen LogP contribution >= 0.6 is 0 Å². The van der Waals surface area contributed by atoms with E-state index in [0.29, 0.717) is 0 Å². The Morgan fingerprint density at radius 3 is 2.52 bits per heavy atom. The Balaban J connectivity index is 1.55. The predicted octanol–water partition coefficient (Wildman–Crippen LogP) is 5.05. The molecule has 1 heterocycles. The molecule has 3 rings (SSSR count). The van der Waals surface area contributed by atoms with Gasteiger partial charge in [0, 0.05) is 30.5 Å². The van der Waals surface area contributed by atoms with Crippen molar-refractivity contribution in [1.82, 2.24) is 4.98 Å². The van der Waals surface area contributed by atoms with E-state index in [0.717, 1.165) is 30.0 Å². The van der Waals surface area contributed by atoms with E-state index in [1.54, 1.807) is 6.20 Å². The van der Waals surface area contributed by atoms with Gasteiger partial charge in [-0.1, -0.05) is 42.5 Å². The van der Waals surface area contributed by atoms with Crippen LogP contribution in [0, 0.1) is 5.82 Å². The minimum atomic E-state index is -0.204. The first kappa shape index (κ1) is 17.0. The van der Waals surface area contributed by atoms with E-state index in [2.05, 4.69) is 34.7 Å². The number of halogens is 1. The average Bonchev–Trinajstić information content (AvgIpc) is 2.64. The number of nitrogens with one attached hydrogen (secondary N) is 2. The number of hydrogen-bond donors (Lipinski definition) is 2. The fraction of sp³-hybridized carbons (Fsp3) is 0.190. The van der Waals surface area contributed by atoms with E-state index in [1.807, 2.05) is 42.5 Å². The van der Waals surface area contributed by atoms with Crippen LogP contribution in [0.2, 0.25) is 0 Å². The highest BCUT2D eigenvalue weighted by atomic mass is 19.1. The Morgan fingerprint density at radius 1 is 1.00 bits per heavy atom. The van der Waals surface area contributed by atoms with E-state index in [9.17, 15) is 4.39 Å². The molecule has 0 aliphatic rings. The SMILES string of the molecule is C[C@H](Nc1ccnc(NCCc2ccc(F)cc2)c1)c1ccccc1. The molecule has 0 bridgehead atoms. The second-order valence-electron chi connectivity index (χ2n) is 6.01. The second-order valence-corrected chi connectivity index (χ2v) is 6.01. The van der Waals surface area contributed by atoms with E-state index in [4.69, 9.17) is 0 Å². The monoisotopic (exact) mass is 335 g/mol. The fourth-order valence-corrected chi connectivity index (χ4v) is 2.68. The van der Waals surface area contributed by atoms with Crippen molar-refractivity contribution < 1.29 is 4.39 Å². The topological polar surface area (TPSA) is 37.0 Å². The molecule has 2 aromatic carbocycles. The molecule has 0 aliphatic carbocycles. The van der Waals surface area contributed by atoms with Gasteiger partial charge in [-0.2, -0.15) is 0 Å². The van der Waals surface area contributed by atoms with Crippen molar-refractivity contribution in [1.29, 1.82) is 0 Å². The molecule has 128 valence electrons. The standard InChI is InChI=1S/C21H22FN3/c1-16(18-5-3-2-4-6-18)25-20-12-14-24-21(15-20)23-13-11-17-7-9-19(22)10-8-17/h2-10,12,14-16H,11,13H2,1H3,(H2,23,24,25)/t16-/m0/s1. The maximum absolute atomic E-state index is 12.9. The van der Waals surface area contributed by atoms with Crippen LogP contribution in [0.1, 0.15) is 24.1 Å². The molecule has 4 heteroatoms. The Kier molecular flexibility index (Phi) is 5.62. The van der Waals surface area contributed by atoms with Crippen molar-refractivity contribution in [3.05, 3.63) is 89.9 Å². The summed E-state index contributed by atoms with van der Waals surface area (Å²) < 4.78 is 12.9. The highest BCUT2D eigenvalue weighted by molar-refractivity contribution is 5.53. The van der Waals surface area contributed by atoms with E-state index >= 15 is 0 Å². The van der Waals surface area contributed by atoms with Gasteiger partial charge in [0.1, 0.15) is 11.6 Å². The van der Waals surface area contributed by atoms with Gasteiger partial charge in [0.15, 0.2) is 0 Å². The molecule has 0 spiro atoms. The molecule has 0 saturated heterocycles. The second kappa shape index (κ2) is 8.29. The highest BCUT2D eigenvalue weighted by Crippen LogP contribution is 2.20. The number of pyridine rings is 1. The molecule has 1 atom stereocenters. The zero-order chi connectivity index (χ0) is 17.5. The Bertz CT molecular complexity index is 788. The van der Waals surface area contributed by atoms with Crippen LogP contribution in [0.25, 0.3) is 0 Å². The molecule has 25 heavy (non-hydrogen) atoms. The molecule has 1 aromatic heterocycles. The van der Waals surface area contributed by atoms with Crippen LogP contribution in [0.5, 0.6) is 0 Å². The fourth-order valence-electron chi connectivity index (χ4n) is 2.68. The smallest absolute Gasteiger partial charge is 0.127 e. The molecule has 2 N–H and O–H groups in total. The van der Waals surface area contributed by atoms with E-state index < -0.39 is 0 Å². The van der Waals surface area contributed by atoms with Gasteiger partial charge in [-0.25, -0.2) is 9.37 Å². The lowest BCUT2D eigenvalue weighted by Gasteiger charge is -2.16. The highest BCUT2D eigenvalue weighted by Gasteiger charge is 2.05. The Morgan fingerprint density at radius 2 is 1.76 bits per heavy atom. The molecular formula is C21H22FN3. The van der Waals surface area contributed by atoms with Gasteiger partial charge >= 0.3 is 0 Å². The quantitative estimate of drug-likeness (QED) is 0.634. The van der Waals surface area contributed by atoms with Gasteiger partial charge in [-0.05, 0) is 42.7 Å². The summed E-state index contributed by atoms with van der Waals surface area (Å²) in [6.07, 6.45) is 2.61. The van der Waals surface area contributed by atoms with Crippen LogP contribution in [-0.4, -0.2) is 11.5 Å². The number of hydrogen-bond acceptors (Lipinski definition) is 3. The number of nitrogens with zero attached hydrogens (tertiary/aromatic N) is 1. The largest absolute Gasteiger partial charge is 0.378 e. The van der Waals surface area contributed by atoms with Gasteiger partial charge in [0.05, 0.1) is 0 Å². The predicted molar refractivity (Wildman–Crippen MR) is 101 cm³/mol. The zero-order valence-corrected chi connectivity index (χ0v) is 14.2. The zero-order valence-electron chi connectivity index (χ0n) is 14.2. The van der Waals surface area contributed by atoms with Gasteiger partial charge in [0.2, 0.25) is 0 Å². The van der Waals surface area contributed by atoms with Crippen molar-refractivity contribution in [2.75, 3.05) is 17.2 Å². The van der Waals surface area contributed by atoms with Gasteiger partial charge in [-0.15, -0.1) is 0 Å². The number of aromatic nitrogens is 1. The summed E-state index contributed by atoms with van der Waals surface area (Å²) in [5.41, 5.74) is 3.36. The van der Waals surface area contributed by atoms with Crippen LogP contribution in [0.3, 0.4) is 0 Å². The summed E-state index contributed by atoms with van der Waals surface area (Å²) in [5.74, 6) is 0.622. The van der Waals surface area contributed by atoms with Gasteiger partial charge in [-0.3, -0.25) is 0 Å². The minimum Gasteiger partial charge on any atom is -0.378 e. The summed E-state index contributed by atoms with van der Waals surface area (Å²) in [6.45, 7) is 2.88. The molecule has 3 nitrogen and oxygen atoms in total. The average molecular weight is 335 g/mol. The molecular weight excluding hydrogens is 313 g/mol. The number of benzene rings is 2. The van der Waals surface area contributed by atoms with Crippen LogP contribution in [0.4, 0.5) is 15.9 Å². The summed E-state index contributed by atoms with van der Waals surface area (Å²) in [7, 11) is 0. The minimum absolute atomic E-state index is 0.204. The van der Waals surface area contributed by atoms with Crippen molar-refractivity contribution in [2.24, 2.45) is 0 Å². The number of rotatable bonds is 7. The van der Waals surface area contributed by atoms with Crippen molar-refractivity contribution in [3.8, 4) is 0 Å². The third kappa shape index (κ3) is 5.05. The summed E-state index contributed by atoms with van der Waals surface area (Å²) in [4.78, 5) is 4.35. The first-order valence-electron chi connectivity index (χ1n) is 8.46. The van der Waals surface area contributed by atoms with Crippen molar-refractivity contribution in [2.45, 2.75) is 19.4 Å². The molecule has 3 aromatic rings. The molecule has 0 aliphatic heterocycles. The maximum Gasteiger partial charge on any atom is 0.127 e. The van der Waals surface area contributed by atoms with Crippen molar-refractivity contribution >= 4 is 11.5 Å². The molecule has 0 amide bonds. The maximum atomic E-state index is 12.9. The van der Waals surface area contributed by atoms with E-state index in [1.165, 1.54) is 17.7 Å². The normalized spacial score (nSPS) is 11.8. The molecule has 0 saturated carbocycles. The van der Waals surface area contributed by atoms with Gasteiger partial charge < -0.3 is 10.6 Å². The first-order chi connectivity index (χ1) is 12.2. The molecule has 0 unspecified atom stereocenters. The number of anilines is 2. The molecule has 0 fully saturated rings. The van der Waals surface area contributed by atoms with Crippen LogP contribution in [0.15, 0.2) is 72.9 Å².